The van der Waals surface area contributed by atoms with Gasteiger partial charge in [-0.1, -0.05) is 11.6 Å². The number of halogens is 1. The highest BCUT2D eigenvalue weighted by Crippen LogP contribution is 2.38. The van der Waals surface area contributed by atoms with Gasteiger partial charge in [-0.05, 0) is 0 Å². The van der Waals surface area contributed by atoms with Gasteiger partial charge in [-0.3, -0.25) is 9.78 Å². The fraction of sp³-hybridized carbons (Fsp3) is 0.231. The van der Waals surface area contributed by atoms with E-state index in [4.69, 9.17) is 25.8 Å². The molecule has 8 heteroatoms. The molecule has 0 aliphatic carbocycles. The molecule has 0 amide bonds. The molecule has 0 bridgehead atoms. The van der Waals surface area contributed by atoms with Crippen LogP contribution in [0.1, 0.15) is 0 Å². The summed E-state index contributed by atoms with van der Waals surface area (Å²) in [6, 6.07) is 4.09. The molecule has 1 heterocycles. The minimum atomic E-state index is -0.665. The van der Waals surface area contributed by atoms with Crippen LogP contribution < -0.4 is 25.5 Å². The van der Waals surface area contributed by atoms with Crippen LogP contribution in [0.3, 0.4) is 0 Å². The second kappa shape index (κ2) is 5.92. The Bertz CT molecular complexity index is 725. The Kier molecular flexibility index (Phi) is 4.23. The van der Waals surface area contributed by atoms with E-state index in [0.717, 1.165) is 10.6 Å². The fourth-order valence-corrected chi connectivity index (χ4v) is 2.08. The average molecular weight is 313 g/mol. The molecule has 21 heavy (non-hydrogen) atoms. The molecule has 0 aliphatic heterocycles. The number of rotatable bonds is 4. The molecule has 7 nitrogen and oxygen atoms in total. The van der Waals surface area contributed by atoms with Crippen LogP contribution in [0, 0.1) is 0 Å². The summed E-state index contributed by atoms with van der Waals surface area (Å²) in [5, 5.41) is -0.0336. The Morgan fingerprint density at radius 3 is 2.00 bits per heavy atom. The molecule has 0 aliphatic rings. The third-order valence-corrected chi connectivity index (χ3v) is 3.01. The molecule has 0 spiro atoms. The second-order valence-corrected chi connectivity index (χ2v) is 4.39. The molecule has 0 saturated carbocycles. The van der Waals surface area contributed by atoms with Crippen LogP contribution in [-0.2, 0) is 0 Å². The topological polar surface area (TPSA) is 82.6 Å². The van der Waals surface area contributed by atoms with Crippen molar-refractivity contribution >= 4 is 11.6 Å². The van der Waals surface area contributed by atoms with Crippen molar-refractivity contribution < 1.29 is 14.2 Å². The van der Waals surface area contributed by atoms with Gasteiger partial charge in [-0.15, -0.1) is 0 Å². The molecule has 2 rings (SSSR count). The maximum Gasteiger partial charge on any atom is 0.334 e. The molecular formula is C13H13ClN2O5. The van der Waals surface area contributed by atoms with Crippen molar-refractivity contribution in [1.82, 2.24) is 9.55 Å². The molecule has 0 saturated heterocycles. The second-order valence-electron chi connectivity index (χ2n) is 3.98. The van der Waals surface area contributed by atoms with Gasteiger partial charge in [0.2, 0.25) is 5.75 Å². The summed E-state index contributed by atoms with van der Waals surface area (Å²) in [6.45, 7) is 0. The third kappa shape index (κ3) is 2.73. The minimum absolute atomic E-state index is 0.0336. The summed E-state index contributed by atoms with van der Waals surface area (Å²) in [7, 11) is 4.34. The monoisotopic (exact) mass is 312 g/mol. The van der Waals surface area contributed by atoms with E-state index in [1.807, 2.05) is 0 Å². The molecular weight excluding hydrogens is 300 g/mol. The first kappa shape index (κ1) is 15.0. The predicted octanol–water partition coefficient (Wildman–Crippen LogP) is 1.20. The van der Waals surface area contributed by atoms with Crippen LogP contribution in [0.2, 0.25) is 5.15 Å². The first-order chi connectivity index (χ1) is 10.0. The zero-order valence-electron chi connectivity index (χ0n) is 11.6. The largest absolute Gasteiger partial charge is 0.493 e. The number of aromatic nitrogens is 2. The van der Waals surface area contributed by atoms with E-state index in [1.54, 1.807) is 0 Å². The maximum atomic E-state index is 12.0. The molecule has 1 aromatic carbocycles. The lowest BCUT2D eigenvalue weighted by molar-refractivity contribution is 0.324. The first-order valence-electron chi connectivity index (χ1n) is 5.84. The number of methoxy groups -OCH3 is 3. The highest BCUT2D eigenvalue weighted by Gasteiger charge is 2.16. The van der Waals surface area contributed by atoms with Crippen molar-refractivity contribution in [3.63, 3.8) is 0 Å². The van der Waals surface area contributed by atoms with Crippen molar-refractivity contribution in [2.45, 2.75) is 0 Å². The lowest BCUT2D eigenvalue weighted by atomic mass is 10.2. The number of hydrogen-bond donors (Lipinski definition) is 1. The number of nitrogens with one attached hydrogen (secondary N) is 1. The zero-order chi connectivity index (χ0) is 15.6. The van der Waals surface area contributed by atoms with Gasteiger partial charge in [0.15, 0.2) is 11.5 Å². The Morgan fingerprint density at radius 2 is 1.57 bits per heavy atom. The lowest BCUT2D eigenvalue weighted by Gasteiger charge is -2.14. The minimum Gasteiger partial charge on any atom is -0.493 e. The van der Waals surface area contributed by atoms with Gasteiger partial charge < -0.3 is 14.2 Å². The number of aromatic amines is 1. The molecule has 112 valence electrons. The number of hydrogen-bond acceptors (Lipinski definition) is 5. The molecule has 0 fully saturated rings. The van der Waals surface area contributed by atoms with Gasteiger partial charge in [0.1, 0.15) is 5.15 Å². The summed E-state index contributed by atoms with van der Waals surface area (Å²) < 4.78 is 16.5. The number of ether oxygens (including phenoxy) is 3. The van der Waals surface area contributed by atoms with Crippen molar-refractivity contribution in [3.8, 4) is 22.9 Å². The Balaban J connectivity index is 2.77. The summed E-state index contributed by atoms with van der Waals surface area (Å²) in [6.07, 6.45) is 0. The first-order valence-corrected chi connectivity index (χ1v) is 6.22. The van der Waals surface area contributed by atoms with Crippen LogP contribution >= 0.6 is 11.6 Å². The lowest BCUT2D eigenvalue weighted by Crippen LogP contribution is -2.32. The van der Waals surface area contributed by atoms with Crippen molar-refractivity contribution in [2.24, 2.45) is 0 Å². The number of nitrogens with zero attached hydrogens (tertiary/aromatic N) is 1. The quantitative estimate of drug-likeness (QED) is 0.858. The van der Waals surface area contributed by atoms with Crippen molar-refractivity contribution in [1.29, 1.82) is 0 Å². The van der Waals surface area contributed by atoms with Crippen LogP contribution in [0.25, 0.3) is 5.69 Å². The van der Waals surface area contributed by atoms with Crippen LogP contribution in [0.15, 0.2) is 27.8 Å². The summed E-state index contributed by atoms with van der Waals surface area (Å²) in [5.74, 6) is 1.02. The van der Waals surface area contributed by atoms with E-state index in [9.17, 15) is 9.59 Å². The molecule has 1 N–H and O–H groups in total. The SMILES string of the molecule is COc1cc(-n2c(=O)cc(Cl)[nH]c2=O)cc(OC)c1OC. The number of benzene rings is 1. The standard InChI is InChI=1S/C13H13ClN2O5/c1-19-8-4-7(5-9(20-2)12(8)21-3)16-11(17)6-10(14)15-13(16)18/h4-6H,1-3H3,(H,15,18). The zero-order valence-corrected chi connectivity index (χ0v) is 12.4. The Hall–Kier alpha value is -2.41. The van der Waals surface area contributed by atoms with E-state index in [1.165, 1.54) is 33.5 Å². The molecule has 0 radical (unpaired) electrons. The fourth-order valence-electron chi connectivity index (χ4n) is 1.91. The van der Waals surface area contributed by atoms with Gasteiger partial charge in [0.05, 0.1) is 27.0 Å². The van der Waals surface area contributed by atoms with Gasteiger partial charge in [-0.2, -0.15) is 0 Å². The highest BCUT2D eigenvalue weighted by molar-refractivity contribution is 6.29. The normalized spacial score (nSPS) is 10.3. The third-order valence-electron chi connectivity index (χ3n) is 2.81. The van der Waals surface area contributed by atoms with E-state index >= 15 is 0 Å². The molecule has 2 aromatic rings. The molecule has 0 atom stereocenters. The van der Waals surface area contributed by atoms with E-state index in [0.29, 0.717) is 17.2 Å². The van der Waals surface area contributed by atoms with Gasteiger partial charge >= 0.3 is 5.69 Å². The molecule has 1 aromatic heterocycles. The summed E-state index contributed by atoms with van der Waals surface area (Å²) in [4.78, 5) is 26.2. The van der Waals surface area contributed by atoms with Crippen molar-refractivity contribution in [2.75, 3.05) is 21.3 Å². The van der Waals surface area contributed by atoms with E-state index in [-0.39, 0.29) is 10.8 Å². The summed E-state index contributed by atoms with van der Waals surface area (Å²) in [5.41, 5.74) is -0.966. The Labute approximate surface area is 124 Å². The molecule has 0 unspecified atom stereocenters. The highest BCUT2D eigenvalue weighted by atomic mass is 35.5. The summed E-state index contributed by atoms with van der Waals surface area (Å²) >= 11 is 5.64. The number of H-pyrrole nitrogens is 1. The van der Waals surface area contributed by atoms with E-state index < -0.39 is 11.2 Å². The van der Waals surface area contributed by atoms with E-state index in [2.05, 4.69) is 4.98 Å². The van der Waals surface area contributed by atoms with Gasteiger partial charge in [0, 0.05) is 18.2 Å². The van der Waals surface area contributed by atoms with Gasteiger partial charge in [0.25, 0.3) is 5.56 Å². The van der Waals surface area contributed by atoms with Crippen LogP contribution in [-0.4, -0.2) is 30.9 Å². The van der Waals surface area contributed by atoms with Crippen LogP contribution in [0.5, 0.6) is 17.2 Å². The predicted molar refractivity (Wildman–Crippen MR) is 77.3 cm³/mol. The van der Waals surface area contributed by atoms with Crippen LogP contribution in [0.4, 0.5) is 0 Å². The van der Waals surface area contributed by atoms with Gasteiger partial charge in [-0.25, -0.2) is 9.36 Å². The van der Waals surface area contributed by atoms with Crippen molar-refractivity contribution in [3.05, 3.63) is 44.2 Å². The maximum absolute atomic E-state index is 12.0. The Morgan fingerprint density at radius 1 is 1.00 bits per heavy atom. The smallest absolute Gasteiger partial charge is 0.334 e. The average Bonchev–Trinajstić information content (AvgIpc) is 2.44.